The number of amides is 1. The highest BCUT2D eigenvalue weighted by atomic mass is 19.4. The predicted molar refractivity (Wildman–Crippen MR) is 126 cm³/mol. The van der Waals surface area contributed by atoms with Gasteiger partial charge in [-0.1, -0.05) is 13.8 Å². The molecule has 1 amide bonds. The fourth-order valence-electron chi connectivity index (χ4n) is 5.26. The maximum absolute atomic E-state index is 15.2. The number of nitrogens with two attached hydrogens (primary N) is 2. The Morgan fingerprint density at radius 1 is 1.22 bits per heavy atom. The van der Waals surface area contributed by atoms with Crippen molar-refractivity contribution < 1.29 is 36.7 Å². The van der Waals surface area contributed by atoms with E-state index in [4.69, 9.17) is 16.2 Å². The molecule has 1 heterocycles. The van der Waals surface area contributed by atoms with E-state index in [2.05, 4.69) is 5.32 Å². The normalized spacial score (nSPS) is 21.0. The maximum atomic E-state index is 15.2. The van der Waals surface area contributed by atoms with Crippen molar-refractivity contribution in [3.8, 4) is 5.69 Å². The van der Waals surface area contributed by atoms with E-state index in [-0.39, 0.29) is 36.5 Å². The van der Waals surface area contributed by atoms with Crippen LogP contribution in [0.3, 0.4) is 0 Å². The first-order chi connectivity index (χ1) is 17.2. The number of nitrogens with one attached hydrogen (secondary N) is 1. The van der Waals surface area contributed by atoms with Crippen molar-refractivity contribution in [2.45, 2.75) is 64.3 Å². The van der Waals surface area contributed by atoms with Crippen molar-refractivity contribution in [2.24, 2.45) is 16.9 Å². The Morgan fingerprint density at radius 3 is 2.54 bits per heavy atom. The summed E-state index contributed by atoms with van der Waals surface area (Å²) < 4.78 is 63.4. The number of hydrogen-bond acceptors (Lipinski definition) is 6. The van der Waals surface area contributed by atoms with Crippen LogP contribution in [0.1, 0.15) is 71.5 Å². The van der Waals surface area contributed by atoms with Crippen LogP contribution in [-0.2, 0) is 22.1 Å². The van der Waals surface area contributed by atoms with Crippen LogP contribution in [0.25, 0.3) is 5.69 Å². The van der Waals surface area contributed by atoms with Crippen molar-refractivity contribution in [1.82, 2.24) is 4.57 Å². The summed E-state index contributed by atoms with van der Waals surface area (Å²) in [5, 5.41) is 3.00. The third kappa shape index (κ3) is 5.20. The molecule has 2 aromatic rings. The van der Waals surface area contributed by atoms with Crippen LogP contribution in [-0.4, -0.2) is 40.9 Å². The van der Waals surface area contributed by atoms with Gasteiger partial charge in [0.15, 0.2) is 5.78 Å². The summed E-state index contributed by atoms with van der Waals surface area (Å²) in [6.45, 7) is 3.21. The molecule has 0 bridgehead atoms. The van der Waals surface area contributed by atoms with Crippen molar-refractivity contribution >= 4 is 23.3 Å². The molecule has 200 valence electrons. The van der Waals surface area contributed by atoms with Crippen LogP contribution in [0, 0.1) is 11.2 Å². The van der Waals surface area contributed by atoms with Crippen LogP contribution in [0.5, 0.6) is 0 Å². The second kappa shape index (κ2) is 9.47. The number of primary amides is 1. The van der Waals surface area contributed by atoms with E-state index in [0.29, 0.717) is 19.3 Å². The lowest BCUT2D eigenvalue weighted by Crippen LogP contribution is -2.35. The molecular weight excluding hydrogens is 496 g/mol. The number of carbonyl (C=O) groups excluding carboxylic acids is 3. The summed E-state index contributed by atoms with van der Waals surface area (Å²) in [6, 6.07) is 1.72. The minimum atomic E-state index is -4.80. The monoisotopic (exact) mass is 524 g/mol. The Bertz CT molecular complexity index is 1270. The quantitative estimate of drug-likeness (QED) is 0.390. The number of fused-ring (bicyclic) bond motifs is 1. The summed E-state index contributed by atoms with van der Waals surface area (Å²) in [4.78, 5) is 36.6. The van der Waals surface area contributed by atoms with Gasteiger partial charge in [0.1, 0.15) is 11.9 Å². The van der Waals surface area contributed by atoms with Gasteiger partial charge in [-0.25, -0.2) is 4.39 Å². The lowest BCUT2D eigenvalue weighted by molar-refractivity contribution is -0.147. The number of nitrogens with zero attached hydrogens (tertiary/aromatic N) is 1. The van der Waals surface area contributed by atoms with E-state index >= 15 is 4.39 Å². The maximum Gasteiger partial charge on any atom is 0.418 e. The first-order valence-corrected chi connectivity index (χ1v) is 11.9. The Balaban J connectivity index is 1.83. The third-order valence-corrected chi connectivity index (χ3v) is 6.82. The number of hydrogen-bond donors (Lipinski definition) is 3. The zero-order valence-electron chi connectivity index (χ0n) is 20.4. The molecule has 0 saturated heterocycles. The molecule has 8 nitrogen and oxygen atoms in total. The van der Waals surface area contributed by atoms with Crippen molar-refractivity contribution in [3.05, 3.63) is 46.5 Å². The molecule has 37 heavy (non-hydrogen) atoms. The summed E-state index contributed by atoms with van der Waals surface area (Å²) in [6.07, 6.45) is -2.83. The fourth-order valence-corrected chi connectivity index (χ4v) is 5.26. The molecule has 2 atom stereocenters. The van der Waals surface area contributed by atoms with Gasteiger partial charge in [-0.05, 0) is 43.2 Å². The fraction of sp³-hybridized carbons (Fsp3) is 0.480. The average molecular weight is 525 g/mol. The number of aromatic nitrogens is 1. The smallest absolute Gasteiger partial charge is 0.418 e. The van der Waals surface area contributed by atoms with Gasteiger partial charge in [0.25, 0.3) is 5.91 Å². The number of anilines is 1. The van der Waals surface area contributed by atoms with Crippen molar-refractivity contribution in [1.29, 1.82) is 0 Å². The highest BCUT2D eigenvalue weighted by Crippen LogP contribution is 2.43. The Hall–Kier alpha value is -3.41. The lowest BCUT2D eigenvalue weighted by Gasteiger charge is -2.30. The molecular formula is C25H28F4N4O4. The number of halogens is 4. The van der Waals surface area contributed by atoms with Crippen LogP contribution < -0.4 is 16.8 Å². The standard InChI is InChI=1S/C25H28F4N4O4/c1-24(2)8-17-21(18(34)9-24)13(25(27,28)29)11-33(17)12-6-14(26)22(23(31)36)16(7-12)32-15-4-3-5-19(15)37-20(35)10-30/h6-7,11,15,19,32H,3-5,8-10,30H2,1-2H3,(H2,31,36). The summed E-state index contributed by atoms with van der Waals surface area (Å²) in [5.41, 5.74) is 8.17. The van der Waals surface area contributed by atoms with E-state index in [9.17, 15) is 27.6 Å². The van der Waals surface area contributed by atoms with E-state index in [0.717, 1.165) is 16.8 Å². The zero-order valence-corrected chi connectivity index (χ0v) is 20.4. The topological polar surface area (TPSA) is 129 Å². The van der Waals surface area contributed by atoms with Crippen molar-refractivity contribution in [2.75, 3.05) is 11.9 Å². The molecule has 1 saturated carbocycles. The molecule has 0 aliphatic heterocycles. The van der Waals surface area contributed by atoms with Crippen LogP contribution in [0.15, 0.2) is 18.3 Å². The zero-order chi connectivity index (χ0) is 27.3. The van der Waals surface area contributed by atoms with Gasteiger partial charge in [0.2, 0.25) is 0 Å². The van der Waals surface area contributed by atoms with Crippen LogP contribution in [0.2, 0.25) is 0 Å². The van der Waals surface area contributed by atoms with Gasteiger partial charge < -0.3 is 26.1 Å². The van der Waals surface area contributed by atoms with Gasteiger partial charge in [-0.3, -0.25) is 14.4 Å². The molecule has 1 aromatic carbocycles. The second-order valence-corrected chi connectivity index (χ2v) is 10.3. The van der Waals surface area contributed by atoms with Gasteiger partial charge in [0, 0.05) is 18.3 Å². The number of carbonyl (C=O) groups is 3. The van der Waals surface area contributed by atoms with Crippen LogP contribution >= 0.6 is 0 Å². The molecule has 12 heteroatoms. The predicted octanol–water partition coefficient (Wildman–Crippen LogP) is 3.72. The summed E-state index contributed by atoms with van der Waals surface area (Å²) in [5.74, 6) is -3.39. The van der Waals surface area contributed by atoms with E-state index in [1.165, 1.54) is 6.07 Å². The largest absolute Gasteiger partial charge is 0.459 e. The van der Waals surface area contributed by atoms with Crippen molar-refractivity contribution in [3.63, 3.8) is 0 Å². The molecule has 0 radical (unpaired) electrons. The third-order valence-electron chi connectivity index (χ3n) is 6.82. The molecule has 2 aliphatic carbocycles. The second-order valence-electron chi connectivity index (χ2n) is 10.3. The molecule has 5 N–H and O–H groups in total. The molecule has 1 aromatic heterocycles. The van der Waals surface area contributed by atoms with Gasteiger partial charge in [-0.2, -0.15) is 13.2 Å². The number of esters is 1. The minimum absolute atomic E-state index is 0.0178. The average Bonchev–Trinajstić information content (AvgIpc) is 3.36. The first kappa shape index (κ1) is 26.6. The Morgan fingerprint density at radius 2 is 1.92 bits per heavy atom. The van der Waals surface area contributed by atoms with Gasteiger partial charge in [-0.15, -0.1) is 0 Å². The van der Waals surface area contributed by atoms with Gasteiger partial charge >= 0.3 is 12.1 Å². The molecule has 4 rings (SSSR count). The highest BCUT2D eigenvalue weighted by molar-refractivity contribution is 6.01. The Kier molecular flexibility index (Phi) is 6.82. The number of ether oxygens (including phenoxy) is 1. The van der Waals surface area contributed by atoms with Crippen LogP contribution in [0.4, 0.5) is 23.2 Å². The number of benzene rings is 1. The molecule has 2 aliphatic rings. The van der Waals surface area contributed by atoms with Gasteiger partial charge in [0.05, 0.1) is 40.7 Å². The first-order valence-electron chi connectivity index (χ1n) is 11.9. The minimum Gasteiger partial charge on any atom is -0.459 e. The van der Waals surface area contributed by atoms with E-state index in [1.54, 1.807) is 13.8 Å². The molecule has 0 spiro atoms. The molecule has 1 fully saturated rings. The lowest BCUT2D eigenvalue weighted by atomic mass is 9.75. The SMILES string of the molecule is CC1(C)CC(=O)c2c(C(F)(F)F)cn(-c3cc(F)c(C(N)=O)c(NC4CCCC4OC(=O)CN)c3)c2C1. The summed E-state index contributed by atoms with van der Waals surface area (Å²) in [7, 11) is 0. The number of alkyl halides is 3. The Labute approximate surface area is 210 Å². The molecule has 2 unspecified atom stereocenters. The number of rotatable bonds is 6. The summed E-state index contributed by atoms with van der Waals surface area (Å²) >= 11 is 0. The van der Waals surface area contributed by atoms with E-state index < -0.39 is 63.9 Å². The highest BCUT2D eigenvalue weighted by Gasteiger charge is 2.44. The number of ketones is 1. The van der Waals surface area contributed by atoms with E-state index in [1.807, 2.05) is 0 Å². The number of Topliss-reactive ketones (excluding diaryl/α,β-unsaturated/α-hetero) is 1.